The number of aromatic nitrogens is 4. The van der Waals surface area contributed by atoms with Gasteiger partial charge in [0.05, 0.1) is 0 Å². The molecule has 2 aromatic rings. The van der Waals surface area contributed by atoms with Gasteiger partial charge in [-0.3, -0.25) is 14.2 Å². The lowest BCUT2D eigenvalue weighted by atomic mass is 10.4. The van der Waals surface area contributed by atoms with E-state index in [4.69, 9.17) is 0 Å². The molecule has 12 heavy (non-hydrogen) atoms. The minimum Gasteiger partial charge on any atom is -0.296 e. The summed E-state index contributed by atoms with van der Waals surface area (Å²) in [5, 5.41) is 7.43. The number of hydrogen-bond donors (Lipinski definition) is 1. The summed E-state index contributed by atoms with van der Waals surface area (Å²) >= 11 is 0. The van der Waals surface area contributed by atoms with Crippen LogP contribution in [0.15, 0.2) is 21.6 Å². The van der Waals surface area contributed by atoms with Gasteiger partial charge in [-0.2, -0.15) is 5.10 Å². The number of nitrogens with one attached hydrogen (secondary N) is 1. The van der Waals surface area contributed by atoms with Gasteiger partial charge < -0.3 is 0 Å². The molecule has 0 aliphatic rings. The van der Waals surface area contributed by atoms with Crippen molar-refractivity contribution in [3.05, 3.63) is 22.8 Å². The van der Waals surface area contributed by atoms with E-state index in [9.17, 15) is 4.79 Å². The zero-order valence-electron chi connectivity index (χ0n) is 6.31. The van der Waals surface area contributed by atoms with E-state index in [1.807, 2.05) is 0 Å². The van der Waals surface area contributed by atoms with Gasteiger partial charge in [0.15, 0.2) is 0 Å². The Hall–Kier alpha value is -1.85. The molecule has 0 saturated heterocycles. The third kappa shape index (κ3) is 0.931. The first-order chi connectivity index (χ1) is 5.77. The molecule has 6 heteroatoms. The quantitative estimate of drug-likeness (QED) is 0.634. The van der Waals surface area contributed by atoms with Gasteiger partial charge >= 0.3 is 5.76 Å². The Kier molecular flexibility index (Phi) is 1.33. The van der Waals surface area contributed by atoms with E-state index in [2.05, 4.69) is 19.8 Å². The van der Waals surface area contributed by atoms with Crippen LogP contribution in [0.4, 0.5) is 0 Å². The van der Waals surface area contributed by atoms with Crippen LogP contribution >= 0.6 is 0 Å². The Balaban J connectivity index is 2.57. The monoisotopic (exact) mass is 166 g/mol. The first-order valence-corrected chi connectivity index (χ1v) is 3.32. The highest BCUT2D eigenvalue weighted by atomic mass is 16.5. The maximum Gasteiger partial charge on any atom is 0.439 e. The van der Waals surface area contributed by atoms with Gasteiger partial charge in [0.1, 0.15) is 5.69 Å². The number of aromatic amines is 1. The van der Waals surface area contributed by atoms with Crippen LogP contribution in [0.1, 0.15) is 0 Å². The summed E-state index contributed by atoms with van der Waals surface area (Å²) < 4.78 is 5.93. The Bertz CT molecular complexity index is 438. The molecule has 0 fully saturated rings. The topological polar surface area (TPSA) is 76.7 Å². The average Bonchev–Trinajstić information content (AvgIpc) is 2.58. The van der Waals surface area contributed by atoms with Crippen LogP contribution in [0.2, 0.25) is 0 Å². The molecule has 0 radical (unpaired) electrons. The van der Waals surface area contributed by atoms with Gasteiger partial charge in [-0.15, -0.1) is 0 Å². The molecule has 0 aliphatic heterocycles. The zero-order valence-corrected chi connectivity index (χ0v) is 6.31. The van der Waals surface area contributed by atoms with E-state index in [0.717, 1.165) is 0 Å². The fourth-order valence-corrected chi connectivity index (χ4v) is 0.946. The van der Waals surface area contributed by atoms with Gasteiger partial charge in [-0.05, 0) is 6.07 Å². The zero-order chi connectivity index (χ0) is 8.55. The lowest BCUT2D eigenvalue weighted by molar-refractivity contribution is 0.387. The van der Waals surface area contributed by atoms with Crippen LogP contribution < -0.4 is 5.76 Å². The lowest BCUT2D eigenvalue weighted by Gasteiger charge is -1.92. The summed E-state index contributed by atoms with van der Waals surface area (Å²) in [4.78, 5) is 13.0. The predicted molar refractivity (Wildman–Crippen MR) is 39.3 cm³/mol. The van der Waals surface area contributed by atoms with Crippen LogP contribution in [-0.2, 0) is 7.05 Å². The Morgan fingerprint density at radius 2 is 2.50 bits per heavy atom. The van der Waals surface area contributed by atoms with Crippen molar-refractivity contribution in [3.8, 4) is 11.5 Å². The van der Waals surface area contributed by atoms with Crippen LogP contribution in [-0.4, -0.2) is 19.9 Å². The van der Waals surface area contributed by atoms with Crippen molar-refractivity contribution in [1.29, 1.82) is 0 Å². The van der Waals surface area contributed by atoms with Crippen molar-refractivity contribution in [2.24, 2.45) is 7.05 Å². The van der Waals surface area contributed by atoms with E-state index in [1.165, 1.54) is 0 Å². The Labute approximate surface area is 66.8 Å². The second-order valence-corrected chi connectivity index (χ2v) is 2.28. The fraction of sp³-hybridized carbons (Fsp3) is 0.167. The summed E-state index contributed by atoms with van der Waals surface area (Å²) in [6.07, 6.45) is 1.61. The minimum absolute atomic E-state index is 0.389. The maximum absolute atomic E-state index is 10.6. The summed E-state index contributed by atoms with van der Waals surface area (Å²) in [5.41, 5.74) is 0.709. The molecule has 2 aromatic heterocycles. The van der Waals surface area contributed by atoms with Gasteiger partial charge in [-0.1, -0.05) is 5.16 Å². The smallest absolute Gasteiger partial charge is 0.296 e. The van der Waals surface area contributed by atoms with E-state index in [-0.39, 0.29) is 0 Å². The van der Waals surface area contributed by atoms with Crippen molar-refractivity contribution >= 4 is 0 Å². The fourth-order valence-electron chi connectivity index (χ4n) is 0.946. The standard InChI is InChI=1S/C6H6N4O2/c1-10-4(2-3-7-10)5-8-6(11)12-9-5/h2-3H,1H3,(H,8,9,11). The van der Waals surface area contributed by atoms with E-state index in [1.54, 1.807) is 24.0 Å². The molecular formula is C6H6N4O2. The molecule has 6 nitrogen and oxygen atoms in total. The van der Waals surface area contributed by atoms with E-state index < -0.39 is 5.76 Å². The molecule has 0 unspecified atom stereocenters. The molecule has 0 saturated carbocycles. The third-order valence-corrected chi connectivity index (χ3v) is 1.50. The second kappa shape index (κ2) is 2.33. The summed E-state index contributed by atoms with van der Waals surface area (Å²) in [5.74, 6) is -0.175. The highest BCUT2D eigenvalue weighted by Gasteiger charge is 2.06. The van der Waals surface area contributed by atoms with Crippen molar-refractivity contribution in [3.63, 3.8) is 0 Å². The molecule has 62 valence electrons. The Morgan fingerprint density at radius 3 is 3.00 bits per heavy atom. The van der Waals surface area contributed by atoms with E-state index >= 15 is 0 Å². The molecule has 0 aliphatic carbocycles. The van der Waals surface area contributed by atoms with Crippen molar-refractivity contribution in [1.82, 2.24) is 19.9 Å². The number of H-pyrrole nitrogens is 1. The normalized spacial score (nSPS) is 10.4. The molecular weight excluding hydrogens is 160 g/mol. The third-order valence-electron chi connectivity index (χ3n) is 1.50. The summed E-state index contributed by atoms with van der Waals surface area (Å²) in [6, 6.07) is 1.73. The van der Waals surface area contributed by atoms with Gasteiger partial charge in [-0.25, -0.2) is 4.79 Å². The number of hydrogen-bond acceptors (Lipinski definition) is 4. The molecule has 2 rings (SSSR count). The van der Waals surface area contributed by atoms with Crippen molar-refractivity contribution in [2.75, 3.05) is 0 Å². The first-order valence-electron chi connectivity index (χ1n) is 3.32. The van der Waals surface area contributed by atoms with Crippen LogP contribution in [0.25, 0.3) is 11.5 Å². The first kappa shape index (κ1) is 6.84. The van der Waals surface area contributed by atoms with Crippen molar-refractivity contribution < 1.29 is 4.52 Å². The minimum atomic E-state index is -0.564. The molecule has 0 spiro atoms. The molecule has 0 bridgehead atoms. The number of aryl methyl sites for hydroxylation is 1. The van der Waals surface area contributed by atoms with E-state index in [0.29, 0.717) is 11.5 Å². The lowest BCUT2D eigenvalue weighted by Crippen LogP contribution is -1.98. The molecule has 0 atom stereocenters. The molecule has 0 amide bonds. The predicted octanol–water partition coefficient (Wildman–Crippen LogP) is -0.237. The largest absolute Gasteiger partial charge is 0.439 e. The number of rotatable bonds is 1. The van der Waals surface area contributed by atoms with Crippen LogP contribution in [0, 0.1) is 0 Å². The van der Waals surface area contributed by atoms with Gasteiger partial charge in [0, 0.05) is 13.2 Å². The van der Waals surface area contributed by atoms with Crippen LogP contribution in [0.3, 0.4) is 0 Å². The van der Waals surface area contributed by atoms with Crippen LogP contribution in [0.5, 0.6) is 0 Å². The molecule has 0 aromatic carbocycles. The van der Waals surface area contributed by atoms with Crippen molar-refractivity contribution in [2.45, 2.75) is 0 Å². The average molecular weight is 166 g/mol. The number of nitrogens with zero attached hydrogens (tertiary/aromatic N) is 3. The highest BCUT2D eigenvalue weighted by molar-refractivity contribution is 5.46. The molecule has 1 N–H and O–H groups in total. The van der Waals surface area contributed by atoms with Gasteiger partial charge in [0.2, 0.25) is 5.82 Å². The summed E-state index contributed by atoms with van der Waals surface area (Å²) in [6.45, 7) is 0. The Morgan fingerprint density at radius 1 is 1.67 bits per heavy atom. The highest BCUT2D eigenvalue weighted by Crippen LogP contribution is 2.09. The second-order valence-electron chi connectivity index (χ2n) is 2.28. The molecule has 2 heterocycles. The maximum atomic E-state index is 10.6. The SMILES string of the molecule is Cn1nccc1-c1noc(=O)[nH]1. The summed E-state index contributed by atoms with van der Waals surface area (Å²) in [7, 11) is 1.75. The van der Waals surface area contributed by atoms with Gasteiger partial charge in [0.25, 0.3) is 0 Å².